The summed E-state index contributed by atoms with van der Waals surface area (Å²) in [7, 11) is 0. The highest BCUT2D eigenvalue weighted by Gasteiger charge is 2.06. The van der Waals surface area contributed by atoms with Crippen LogP contribution in [0.3, 0.4) is 0 Å². The third-order valence-electron chi connectivity index (χ3n) is 3.78. The lowest BCUT2D eigenvalue weighted by molar-refractivity contribution is 0.299. The average molecular weight is 291 g/mol. The summed E-state index contributed by atoms with van der Waals surface area (Å²) in [5.41, 5.74) is 2.53. The van der Waals surface area contributed by atoms with Gasteiger partial charge in [-0.05, 0) is 31.9 Å². The number of hydrogen-bond donors (Lipinski definition) is 1. The second kappa shape index (κ2) is 11.6. The van der Waals surface area contributed by atoms with Crippen molar-refractivity contribution in [3.63, 3.8) is 0 Å². The largest absolute Gasteiger partial charge is 0.493 e. The van der Waals surface area contributed by atoms with Crippen molar-refractivity contribution in [1.82, 2.24) is 5.32 Å². The van der Waals surface area contributed by atoms with Gasteiger partial charge in [0.15, 0.2) is 0 Å². The van der Waals surface area contributed by atoms with Crippen molar-refractivity contribution in [2.24, 2.45) is 0 Å². The highest BCUT2D eigenvalue weighted by molar-refractivity contribution is 5.40. The summed E-state index contributed by atoms with van der Waals surface area (Å²) in [6, 6.07) is 6.43. The van der Waals surface area contributed by atoms with Gasteiger partial charge in [-0.25, -0.2) is 0 Å². The van der Waals surface area contributed by atoms with E-state index in [9.17, 15) is 0 Å². The maximum Gasteiger partial charge on any atom is 0.126 e. The summed E-state index contributed by atoms with van der Waals surface area (Å²) in [5.74, 6) is 1.09. The molecule has 0 saturated heterocycles. The second-order valence-electron chi connectivity index (χ2n) is 5.86. The van der Waals surface area contributed by atoms with Gasteiger partial charge in [0.25, 0.3) is 0 Å². The van der Waals surface area contributed by atoms with Crippen molar-refractivity contribution in [2.45, 2.75) is 72.3 Å². The lowest BCUT2D eigenvalue weighted by Crippen LogP contribution is -2.15. The Hall–Kier alpha value is -1.02. The fraction of sp³-hybridized carbons (Fsp3) is 0.684. The van der Waals surface area contributed by atoms with Crippen molar-refractivity contribution in [3.05, 3.63) is 29.3 Å². The van der Waals surface area contributed by atoms with Crippen LogP contribution < -0.4 is 10.1 Å². The van der Waals surface area contributed by atoms with Crippen LogP contribution in [0.4, 0.5) is 0 Å². The monoisotopic (exact) mass is 291 g/mol. The lowest BCUT2D eigenvalue weighted by Gasteiger charge is -2.14. The summed E-state index contributed by atoms with van der Waals surface area (Å²) in [6.07, 6.45) is 9.01. The molecule has 1 aromatic rings. The van der Waals surface area contributed by atoms with Gasteiger partial charge in [0.2, 0.25) is 0 Å². The van der Waals surface area contributed by atoms with Gasteiger partial charge in [-0.15, -0.1) is 0 Å². The molecule has 2 nitrogen and oxygen atoms in total. The number of nitrogens with one attached hydrogen (secondary N) is 1. The van der Waals surface area contributed by atoms with E-state index in [-0.39, 0.29) is 0 Å². The lowest BCUT2D eigenvalue weighted by atomic mass is 10.1. The molecule has 0 amide bonds. The summed E-state index contributed by atoms with van der Waals surface area (Å²) in [4.78, 5) is 0. The molecule has 0 atom stereocenters. The van der Waals surface area contributed by atoms with Crippen LogP contribution in [0.2, 0.25) is 0 Å². The molecule has 0 saturated carbocycles. The molecule has 120 valence electrons. The van der Waals surface area contributed by atoms with Crippen molar-refractivity contribution < 1.29 is 4.74 Å². The molecule has 2 heteroatoms. The third-order valence-corrected chi connectivity index (χ3v) is 3.78. The van der Waals surface area contributed by atoms with Crippen LogP contribution in [0.15, 0.2) is 18.2 Å². The molecule has 0 spiro atoms. The van der Waals surface area contributed by atoms with Crippen LogP contribution in [0, 0.1) is 6.92 Å². The topological polar surface area (TPSA) is 21.3 Å². The SMILES string of the molecule is CCCCCCCCOc1c(C)cccc1CNCCC. The minimum absolute atomic E-state index is 0.845. The highest BCUT2D eigenvalue weighted by Crippen LogP contribution is 2.23. The number of hydrogen-bond acceptors (Lipinski definition) is 2. The fourth-order valence-electron chi connectivity index (χ4n) is 2.52. The zero-order chi connectivity index (χ0) is 15.3. The molecule has 0 aromatic heterocycles. The predicted molar refractivity (Wildman–Crippen MR) is 92.0 cm³/mol. The molecule has 0 bridgehead atoms. The van der Waals surface area contributed by atoms with Crippen LogP contribution in [-0.2, 0) is 6.54 Å². The number of unbranched alkanes of at least 4 members (excludes halogenated alkanes) is 5. The van der Waals surface area contributed by atoms with E-state index in [1.165, 1.54) is 56.1 Å². The van der Waals surface area contributed by atoms with E-state index in [0.29, 0.717) is 0 Å². The number of benzene rings is 1. The first-order chi connectivity index (χ1) is 10.3. The maximum atomic E-state index is 6.07. The molecule has 0 unspecified atom stereocenters. The summed E-state index contributed by atoms with van der Waals surface area (Å²) in [5, 5.41) is 3.46. The van der Waals surface area contributed by atoms with Gasteiger partial charge in [-0.1, -0.05) is 64.2 Å². The van der Waals surface area contributed by atoms with Gasteiger partial charge >= 0.3 is 0 Å². The van der Waals surface area contributed by atoms with E-state index >= 15 is 0 Å². The number of ether oxygens (including phenoxy) is 1. The molecule has 0 radical (unpaired) electrons. The third kappa shape index (κ3) is 7.52. The van der Waals surface area contributed by atoms with E-state index in [1.54, 1.807) is 0 Å². The molecule has 1 N–H and O–H groups in total. The van der Waals surface area contributed by atoms with Gasteiger partial charge in [0, 0.05) is 12.1 Å². The Labute approximate surface area is 131 Å². The Bertz CT molecular complexity index is 376. The molecular weight excluding hydrogens is 258 g/mol. The highest BCUT2D eigenvalue weighted by atomic mass is 16.5. The van der Waals surface area contributed by atoms with Gasteiger partial charge in [-0.2, -0.15) is 0 Å². The quantitative estimate of drug-likeness (QED) is 0.532. The Morgan fingerprint density at radius 1 is 0.952 bits per heavy atom. The first-order valence-corrected chi connectivity index (χ1v) is 8.71. The summed E-state index contributed by atoms with van der Waals surface area (Å²) < 4.78 is 6.07. The van der Waals surface area contributed by atoms with Crippen LogP contribution in [-0.4, -0.2) is 13.2 Å². The summed E-state index contributed by atoms with van der Waals surface area (Å²) >= 11 is 0. The normalized spacial score (nSPS) is 10.8. The van der Waals surface area contributed by atoms with Crippen LogP contribution in [0.1, 0.15) is 69.9 Å². The average Bonchev–Trinajstić information content (AvgIpc) is 2.49. The van der Waals surface area contributed by atoms with Gasteiger partial charge < -0.3 is 10.1 Å². The van der Waals surface area contributed by atoms with E-state index < -0.39 is 0 Å². The molecular formula is C19H33NO. The van der Waals surface area contributed by atoms with Crippen molar-refractivity contribution >= 4 is 0 Å². The van der Waals surface area contributed by atoms with E-state index in [2.05, 4.69) is 44.3 Å². The van der Waals surface area contributed by atoms with E-state index in [1.807, 2.05) is 0 Å². The van der Waals surface area contributed by atoms with Crippen molar-refractivity contribution in [2.75, 3.05) is 13.2 Å². The first-order valence-electron chi connectivity index (χ1n) is 8.71. The Morgan fingerprint density at radius 2 is 1.71 bits per heavy atom. The minimum atomic E-state index is 0.845. The van der Waals surface area contributed by atoms with Crippen molar-refractivity contribution in [1.29, 1.82) is 0 Å². The Balaban J connectivity index is 2.35. The smallest absolute Gasteiger partial charge is 0.126 e. The molecule has 21 heavy (non-hydrogen) atoms. The fourth-order valence-corrected chi connectivity index (χ4v) is 2.52. The van der Waals surface area contributed by atoms with Gasteiger partial charge in [0.1, 0.15) is 5.75 Å². The summed E-state index contributed by atoms with van der Waals surface area (Å²) in [6.45, 7) is 9.40. The number of rotatable bonds is 12. The molecule has 1 aromatic carbocycles. The number of aryl methyl sites for hydroxylation is 1. The van der Waals surface area contributed by atoms with Gasteiger partial charge in [0.05, 0.1) is 6.61 Å². The zero-order valence-corrected chi connectivity index (χ0v) is 14.2. The Morgan fingerprint density at radius 3 is 2.48 bits per heavy atom. The van der Waals surface area contributed by atoms with Gasteiger partial charge in [-0.3, -0.25) is 0 Å². The minimum Gasteiger partial charge on any atom is -0.493 e. The predicted octanol–water partition coefficient (Wildman–Crippen LogP) is 5.23. The maximum absolute atomic E-state index is 6.07. The standard InChI is InChI=1S/C19H33NO/c1-4-6-7-8-9-10-15-21-19-17(3)12-11-13-18(19)16-20-14-5-2/h11-13,20H,4-10,14-16H2,1-3H3. The van der Waals surface area contributed by atoms with Crippen molar-refractivity contribution in [3.8, 4) is 5.75 Å². The molecule has 0 aliphatic rings. The van der Waals surface area contributed by atoms with E-state index in [0.717, 1.165) is 25.4 Å². The molecule has 0 fully saturated rings. The second-order valence-corrected chi connectivity index (χ2v) is 5.86. The van der Waals surface area contributed by atoms with E-state index in [4.69, 9.17) is 4.74 Å². The Kier molecular flexibility index (Phi) is 9.98. The van der Waals surface area contributed by atoms with Crippen LogP contribution in [0.5, 0.6) is 5.75 Å². The number of para-hydroxylation sites is 1. The first kappa shape index (κ1) is 18.0. The molecule has 0 heterocycles. The molecule has 0 aliphatic carbocycles. The molecule has 0 aliphatic heterocycles. The molecule has 1 rings (SSSR count). The van der Waals surface area contributed by atoms with Crippen LogP contribution >= 0.6 is 0 Å². The zero-order valence-electron chi connectivity index (χ0n) is 14.2. The van der Waals surface area contributed by atoms with Crippen LogP contribution in [0.25, 0.3) is 0 Å².